The fraction of sp³-hybridized carbons (Fsp3) is 0.120. The van der Waals surface area contributed by atoms with Crippen LogP contribution in [-0.4, -0.2) is 15.7 Å². The summed E-state index contributed by atoms with van der Waals surface area (Å²) in [6.07, 6.45) is 0.185. The van der Waals surface area contributed by atoms with E-state index >= 15 is 0 Å². The number of hydrogen-bond donors (Lipinski definition) is 0. The van der Waals surface area contributed by atoms with E-state index < -0.39 is 0 Å². The van der Waals surface area contributed by atoms with Crippen LogP contribution in [0.15, 0.2) is 84.9 Å². The summed E-state index contributed by atoms with van der Waals surface area (Å²) in [6.45, 7) is 3.90. The number of nitrogens with zero attached hydrogens (tertiary/aromatic N) is 2. The van der Waals surface area contributed by atoms with Gasteiger partial charge in [-0.3, -0.25) is 4.79 Å². The maximum Gasteiger partial charge on any atom is 0.315 e. The van der Waals surface area contributed by atoms with E-state index in [0.717, 1.165) is 33.8 Å². The Morgan fingerprint density at radius 1 is 0.828 bits per heavy atom. The van der Waals surface area contributed by atoms with E-state index in [0.29, 0.717) is 5.75 Å². The van der Waals surface area contributed by atoms with Gasteiger partial charge in [-0.2, -0.15) is 5.10 Å². The molecule has 0 aliphatic rings. The maximum absolute atomic E-state index is 12.5. The molecule has 4 aromatic rings. The number of para-hydroxylation sites is 1. The van der Waals surface area contributed by atoms with Gasteiger partial charge in [0, 0.05) is 11.3 Å². The first-order chi connectivity index (χ1) is 14.1. The summed E-state index contributed by atoms with van der Waals surface area (Å²) < 4.78 is 7.43. The molecule has 4 rings (SSSR count). The van der Waals surface area contributed by atoms with Crippen molar-refractivity contribution in [2.75, 3.05) is 0 Å². The average Bonchev–Trinajstić information content (AvgIpc) is 3.04. The Bertz CT molecular complexity index is 1110. The molecule has 0 aliphatic carbocycles. The van der Waals surface area contributed by atoms with Gasteiger partial charge in [0.05, 0.1) is 17.8 Å². The van der Waals surface area contributed by atoms with E-state index in [2.05, 4.69) is 17.2 Å². The largest absolute Gasteiger partial charge is 0.426 e. The molecule has 0 atom stereocenters. The molecule has 4 heteroatoms. The van der Waals surface area contributed by atoms with Crippen LogP contribution in [0.5, 0.6) is 5.75 Å². The normalized spacial score (nSPS) is 10.7. The Balaban J connectivity index is 1.47. The second kappa shape index (κ2) is 8.15. The number of esters is 1. The molecular weight excluding hydrogens is 360 g/mol. The molecule has 0 radical (unpaired) electrons. The molecule has 0 fully saturated rings. The number of carbonyl (C=O) groups is 1. The zero-order valence-corrected chi connectivity index (χ0v) is 16.5. The first-order valence-electron chi connectivity index (χ1n) is 9.58. The Labute approximate surface area is 170 Å². The lowest BCUT2D eigenvalue weighted by Crippen LogP contribution is -2.12. The van der Waals surface area contributed by atoms with Crippen LogP contribution in [0, 0.1) is 13.8 Å². The number of carbonyl (C=O) groups excluding carboxylic acids is 1. The Morgan fingerprint density at radius 2 is 1.41 bits per heavy atom. The minimum atomic E-state index is -0.295. The van der Waals surface area contributed by atoms with Crippen LogP contribution in [0.2, 0.25) is 0 Å². The summed E-state index contributed by atoms with van der Waals surface area (Å²) in [7, 11) is 0. The first-order valence-corrected chi connectivity index (χ1v) is 9.58. The zero-order valence-electron chi connectivity index (χ0n) is 16.5. The number of ether oxygens (including phenoxy) is 1. The summed E-state index contributed by atoms with van der Waals surface area (Å²) in [5.41, 5.74) is 5.88. The number of benzene rings is 3. The lowest BCUT2D eigenvalue weighted by Gasteiger charge is -2.07. The van der Waals surface area contributed by atoms with Crippen molar-refractivity contribution in [3.63, 3.8) is 0 Å². The summed E-state index contributed by atoms with van der Waals surface area (Å²) in [6, 6.07) is 27.6. The quantitative estimate of drug-likeness (QED) is 0.347. The minimum Gasteiger partial charge on any atom is -0.426 e. The van der Waals surface area contributed by atoms with E-state index in [4.69, 9.17) is 4.74 Å². The molecular formula is C25H22N2O2. The molecule has 1 heterocycles. The van der Waals surface area contributed by atoms with Crippen LogP contribution in [0.3, 0.4) is 0 Å². The third-order valence-corrected chi connectivity index (χ3v) is 4.96. The molecule has 0 amide bonds. The second-order valence-electron chi connectivity index (χ2n) is 6.94. The van der Waals surface area contributed by atoms with Gasteiger partial charge in [-0.05, 0) is 49.2 Å². The van der Waals surface area contributed by atoms with Crippen LogP contribution in [0.25, 0.3) is 16.8 Å². The summed E-state index contributed by atoms with van der Waals surface area (Å²) in [4.78, 5) is 12.5. The SMILES string of the molecule is Cc1nn(-c2ccccc2)c(C)c1CC(=O)Oc1ccc(-c2ccccc2)cc1. The summed E-state index contributed by atoms with van der Waals surface area (Å²) in [5.74, 6) is 0.247. The van der Waals surface area contributed by atoms with Gasteiger partial charge >= 0.3 is 5.97 Å². The van der Waals surface area contributed by atoms with E-state index in [9.17, 15) is 4.79 Å². The van der Waals surface area contributed by atoms with Crippen molar-refractivity contribution in [3.8, 4) is 22.6 Å². The number of hydrogen-bond acceptors (Lipinski definition) is 3. The highest BCUT2D eigenvalue weighted by Gasteiger charge is 2.17. The number of rotatable bonds is 5. The molecule has 0 unspecified atom stereocenters. The fourth-order valence-electron chi connectivity index (χ4n) is 3.41. The topological polar surface area (TPSA) is 44.1 Å². The second-order valence-corrected chi connectivity index (χ2v) is 6.94. The monoisotopic (exact) mass is 382 g/mol. The van der Waals surface area contributed by atoms with Crippen molar-refractivity contribution in [2.24, 2.45) is 0 Å². The van der Waals surface area contributed by atoms with E-state index in [1.165, 1.54) is 0 Å². The zero-order chi connectivity index (χ0) is 20.2. The van der Waals surface area contributed by atoms with E-state index in [1.807, 2.05) is 91.3 Å². The van der Waals surface area contributed by atoms with Crippen LogP contribution in [-0.2, 0) is 11.2 Å². The molecule has 0 spiro atoms. The maximum atomic E-state index is 12.5. The Kier molecular flexibility index (Phi) is 5.25. The summed E-state index contributed by atoms with van der Waals surface area (Å²) >= 11 is 0. The predicted molar refractivity (Wildman–Crippen MR) is 114 cm³/mol. The van der Waals surface area contributed by atoms with E-state index in [-0.39, 0.29) is 12.4 Å². The van der Waals surface area contributed by atoms with Crippen LogP contribution >= 0.6 is 0 Å². The van der Waals surface area contributed by atoms with Gasteiger partial charge in [-0.1, -0.05) is 60.7 Å². The molecule has 0 aliphatic heterocycles. The van der Waals surface area contributed by atoms with E-state index in [1.54, 1.807) is 0 Å². The standard InChI is InChI=1S/C25H22N2O2/c1-18-24(19(2)27(26-18)22-11-7-4-8-12-22)17-25(28)29-23-15-13-21(14-16-23)20-9-5-3-6-10-20/h3-16H,17H2,1-2H3. The number of aryl methyl sites for hydroxylation is 1. The molecule has 0 bridgehead atoms. The lowest BCUT2D eigenvalue weighted by atomic mass is 10.1. The highest BCUT2D eigenvalue weighted by atomic mass is 16.5. The molecule has 4 nitrogen and oxygen atoms in total. The van der Waals surface area contributed by atoms with Gasteiger partial charge in [0.15, 0.2) is 0 Å². The van der Waals surface area contributed by atoms with Crippen molar-refractivity contribution in [3.05, 3.63) is 102 Å². The van der Waals surface area contributed by atoms with Crippen molar-refractivity contribution in [1.29, 1.82) is 0 Å². The molecule has 0 saturated heterocycles. The highest BCUT2D eigenvalue weighted by molar-refractivity contribution is 5.76. The molecule has 0 saturated carbocycles. The van der Waals surface area contributed by atoms with Crippen LogP contribution in [0.4, 0.5) is 0 Å². The summed E-state index contributed by atoms with van der Waals surface area (Å²) in [5, 5.41) is 4.59. The minimum absolute atomic E-state index is 0.185. The molecule has 144 valence electrons. The van der Waals surface area contributed by atoms with Gasteiger partial charge in [0.25, 0.3) is 0 Å². The highest BCUT2D eigenvalue weighted by Crippen LogP contribution is 2.23. The van der Waals surface area contributed by atoms with Crippen LogP contribution < -0.4 is 4.74 Å². The van der Waals surface area contributed by atoms with Crippen LogP contribution in [0.1, 0.15) is 17.0 Å². The Hall–Kier alpha value is -3.66. The molecule has 29 heavy (non-hydrogen) atoms. The third kappa shape index (κ3) is 4.11. The number of aromatic nitrogens is 2. The van der Waals surface area contributed by atoms with Crippen molar-refractivity contribution < 1.29 is 9.53 Å². The van der Waals surface area contributed by atoms with Gasteiger partial charge in [0.2, 0.25) is 0 Å². The average molecular weight is 382 g/mol. The molecule has 3 aromatic carbocycles. The fourth-order valence-corrected chi connectivity index (χ4v) is 3.41. The smallest absolute Gasteiger partial charge is 0.315 e. The van der Waals surface area contributed by atoms with Gasteiger partial charge in [0.1, 0.15) is 5.75 Å². The first kappa shape index (κ1) is 18.7. The van der Waals surface area contributed by atoms with Crippen molar-refractivity contribution in [2.45, 2.75) is 20.3 Å². The molecule has 0 N–H and O–H groups in total. The predicted octanol–water partition coefficient (Wildman–Crippen LogP) is 5.30. The van der Waals surface area contributed by atoms with Crippen molar-refractivity contribution in [1.82, 2.24) is 9.78 Å². The third-order valence-electron chi connectivity index (χ3n) is 4.96. The lowest BCUT2D eigenvalue weighted by molar-refractivity contribution is -0.133. The van der Waals surface area contributed by atoms with Crippen molar-refractivity contribution >= 4 is 5.97 Å². The van der Waals surface area contributed by atoms with Gasteiger partial charge < -0.3 is 4.74 Å². The molecule has 1 aromatic heterocycles. The van der Waals surface area contributed by atoms with Gasteiger partial charge in [-0.15, -0.1) is 0 Å². The van der Waals surface area contributed by atoms with Gasteiger partial charge in [-0.25, -0.2) is 4.68 Å². The Morgan fingerprint density at radius 3 is 2.07 bits per heavy atom.